The van der Waals surface area contributed by atoms with Gasteiger partial charge in [-0.15, -0.1) is 0 Å². The Balaban J connectivity index is 1.45. The molecule has 0 spiro atoms. The van der Waals surface area contributed by atoms with Gasteiger partial charge in [-0.05, 0) is 88.7 Å². The molecule has 0 fully saturated rings. The molecule has 0 aliphatic rings. The van der Waals surface area contributed by atoms with Gasteiger partial charge in [0.15, 0.2) is 23.0 Å². The first-order valence-corrected chi connectivity index (χ1v) is 13.3. The van der Waals surface area contributed by atoms with Gasteiger partial charge in [-0.2, -0.15) is 5.10 Å². The molecular weight excluding hydrogens is 595 g/mol. The van der Waals surface area contributed by atoms with Gasteiger partial charge in [0, 0.05) is 5.56 Å². The number of halogens is 1. The summed E-state index contributed by atoms with van der Waals surface area (Å²) < 4.78 is 23.8. The predicted molar refractivity (Wildman–Crippen MR) is 158 cm³/mol. The number of benzene rings is 4. The number of ether oxygens (including phenoxy) is 4. The second-order valence-electron chi connectivity index (χ2n) is 8.19. The fraction of sp³-hybridized carbons (Fsp3) is 0.200. The second kappa shape index (κ2) is 13.1. The third-order valence-corrected chi connectivity index (χ3v) is 6.49. The molecule has 196 valence electrons. The summed E-state index contributed by atoms with van der Waals surface area (Å²) in [6, 6.07) is 23.2. The highest BCUT2D eigenvalue weighted by molar-refractivity contribution is 14.1. The van der Waals surface area contributed by atoms with Crippen molar-refractivity contribution in [1.82, 2.24) is 5.43 Å². The highest BCUT2D eigenvalue weighted by Crippen LogP contribution is 2.35. The van der Waals surface area contributed by atoms with Crippen molar-refractivity contribution in [2.45, 2.75) is 20.5 Å². The number of methoxy groups -OCH3 is 1. The van der Waals surface area contributed by atoms with Crippen LogP contribution in [0.1, 0.15) is 35.3 Å². The molecule has 7 nitrogen and oxygen atoms in total. The third-order valence-electron chi connectivity index (χ3n) is 5.69. The van der Waals surface area contributed by atoms with E-state index in [1.54, 1.807) is 31.5 Å². The molecule has 0 radical (unpaired) electrons. The molecule has 0 aliphatic heterocycles. The largest absolute Gasteiger partial charge is 0.493 e. The molecular formula is C30H29IN2O5. The van der Waals surface area contributed by atoms with Crippen LogP contribution in [0.3, 0.4) is 0 Å². The lowest BCUT2D eigenvalue weighted by atomic mass is 10.1. The van der Waals surface area contributed by atoms with Gasteiger partial charge in [-0.1, -0.05) is 42.5 Å². The van der Waals surface area contributed by atoms with Crippen LogP contribution in [-0.2, 0) is 6.61 Å². The Hall–Kier alpha value is -3.79. The van der Waals surface area contributed by atoms with Crippen LogP contribution in [-0.4, -0.2) is 32.4 Å². The number of carbonyl (C=O) groups is 1. The Morgan fingerprint density at radius 3 is 2.45 bits per heavy atom. The first-order chi connectivity index (χ1) is 18.5. The summed E-state index contributed by atoms with van der Waals surface area (Å²) >= 11 is 2.21. The van der Waals surface area contributed by atoms with Crippen molar-refractivity contribution >= 4 is 45.5 Å². The van der Waals surface area contributed by atoms with Crippen molar-refractivity contribution in [3.05, 3.63) is 93.1 Å². The van der Waals surface area contributed by atoms with Gasteiger partial charge >= 0.3 is 0 Å². The number of nitrogens with one attached hydrogen (secondary N) is 1. The number of amides is 1. The number of hydrogen-bond acceptors (Lipinski definition) is 6. The number of hydrazone groups is 1. The number of rotatable bonds is 11. The fourth-order valence-corrected chi connectivity index (χ4v) is 4.73. The molecule has 0 saturated heterocycles. The topological polar surface area (TPSA) is 78.4 Å². The van der Waals surface area contributed by atoms with Gasteiger partial charge in [0.05, 0.1) is 30.1 Å². The van der Waals surface area contributed by atoms with E-state index >= 15 is 0 Å². The van der Waals surface area contributed by atoms with E-state index in [0.29, 0.717) is 48.4 Å². The van der Waals surface area contributed by atoms with Crippen LogP contribution in [0.5, 0.6) is 23.0 Å². The Bertz CT molecular complexity index is 1450. The monoisotopic (exact) mass is 624 g/mol. The third kappa shape index (κ3) is 6.55. The van der Waals surface area contributed by atoms with Crippen molar-refractivity contribution in [3.63, 3.8) is 0 Å². The summed E-state index contributed by atoms with van der Waals surface area (Å²) in [5.74, 6) is 1.99. The van der Waals surface area contributed by atoms with Crippen LogP contribution in [0.25, 0.3) is 10.8 Å². The molecule has 1 amide bonds. The summed E-state index contributed by atoms with van der Waals surface area (Å²) in [6.45, 7) is 5.15. The molecule has 0 saturated carbocycles. The molecule has 8 heteroatoms. The van der Waals surface area contributed by atoms with Crippen LogP contribution < -0.4 is 24.4 Å². The summed E-state index contributed by atoms with van der Waals surface area (Å²) in [5.41, 5.74) is 4.83. The molecule has 0 unspecified atom stereocenters. The van der Waals surface area contributed by atoms with Crippen LogP contribution >= 0.6 is 22.6 Å². The van der Waals surface area contributed by atoms with Gasteiger partial charge in [0.25, 0.3) is 5.91 Å². The first-order valence-electron chi connectivity index (χ1n) is 12.2. The minimum Gasteiger partial charge on any atom is -0.493 e. The average Bonchev–Trinajstić information content (AvgIpc) is 2.93. The minimum absolute atomic E-state index is 0.359. The lowest BCUT2D eigenvalue weighted by Gasteiger charge is -2.14. The minimum atomic E-state index is -0.359. The maximum absolute atomic E-state index is 12.7. The van der Waals surface area contributed by atoms with Gasteiger partial charge < -0.3 is 18.9 Å². The Kier molecular flexibility index (Phi) is 9.42. The van der Waals surface area contributed by atoms with Gasteiger partial charge in [-0.25, -0.2) is 5.43 Å². The maximum atomic E-state index is 12.7. The lowest BCUT2D eigenvalue weighted by molar-refractivity contribution is 0.0954. The smallest absolute Gasteiger partial charge is 0.271 e. The van der Waals surface area contributed by atoms with Crippen LogP contribution in [0.15, 0.2) is 77.9 Å². The van der Waals surface area contributed by atoms with Crippen LogP contribution in [0, 0.1) is 3.57 Å². The zero-order chi connectivity index (χ0) is 26.9. The molecule has 0 aliphatic carbocycles. The summed E-state index contributed by atoms with van der Waals surface area (Å²) in [5, 5.41) is 6.46. The van der Waals surface area contributed by atoms with Crippen molar-refractivity contribution < 1.29 is 23.7 Å². The zero-order valence-electron chi connectivity index (χ0n) is 21.5. The number of nitrogens with zero attached hydrogens (tertiary/aromatic N) is 1. The van der Waals surface area contributed by atoms with E-state index in [2.05, 4.69) is 57.4 Å². The van der Waals surface area contributed by atoms with Gasteiger partial charge in [0.1, 0.15) is 6.61 Å². The van der Waals surface area contributed by atoms with Gasteiger partial charge in [-0.3, -0.25) is 4.79 Å². The Labute approximate surface area is 235 Å². The fourth-order valence-electron chi connectivity index (χ4n) is 3.95. The lowest BCUT2D eigenvalue weighted by Crippen LogP contribution is -2.17. The standard InChI is InChI=1S/C30H29IN2O5/c1-4-36-26-14-13-22(17-27(26)37-5-2)30(34)33-32-18-20-15-25(31)29(28(16-20)35-3)38-19-23-11-8-10-21-9-6-7-12-24(21)23/h6-18H,4-5,19H2,1-3H3,(H,33,34)/b32-18+. The summed E-state index contributed by atoms with van der Waals surface area (Å²) in [4.78, 5) is 12.7. The van der Waals surface area contributed by atoms with Crippen molar-refractivity contribution in [1.29, 1.82) is 0 Å². The zero-order valence-corrected chi connectivity index (χ0v) is 23.7. The van der Waals surface area contributed by atoms with E-state index < -0.39 is 0 Å². The van der Waals surface area contributed by atoms with Crippen molar-refractivity contribution in [2.24, 2.45) is 5.10 Å². The van der Waals surface area contributed by atoms with Crippen molar-refractivity contribution in [2.75, 3.05) is 20.3 Å². The molecule has 4 aromatic rings. The summed E-state index contributed by atoms with van der Waals surface area (Å²) in [7, 11) is 1.60. The quantitative estimate of drug-likeness (QED) is 0.116. The van der Waals surface area contributed by atoms with Crippen LogP contribution in [0.4, 0.5) is 0 Å². The van der Waals surface area contributed by atoms with E-state index in [9.17, 15) is 4.79 Å². The van der Waals surface area contributed by atoms with E-state index in [1.807, 2.05) is 44.2 Å². The van der Waals surface area contributed by atoms with Gasteiger partial charge in [0.2, 0.25) is 0 Å². The molecule has 4 rings (SSSR count). The normalized spacial score (nSPS) is 10.9. The first kappa shape index (κ1) is 27.3. The Morgan fingerprint density at radius 1 is 0.895 bits per heavy atom. The number of fused-ring (bicyclic) bond motifs is 1. The SMILES string of the molecule is CCOc1ccc(C(=O)N/N=C/c2cc(I)c(OCc3cccc4ccccc34)c(OC)c2)cc1OCC. The summed E-state index contributed by atoms with van der Waals surface area (Å²) in [6.07, 6.45) is 1.56. The molecule has 4 aromatic carbocycles. The molecule has 0 aromatic heterocycles. The highest BCUT2D eigenvalue weighted by atomic mass is 127. The van der Waals surface area contributed by atoms with Crippen LogP contribution in [0.2, 0.25) is 0 Å². The average molecular weight is 624 g/mol. The predicted octanol–water partition coefficient (Wildman–Crippen LogP) is 6.59. The molecule has 0 bridgehead atoms. The molecule has 0 heterocycles. The van der Waals surface area contributed by atoms with E-state index in [1.165, 1.54) is 5.39 Å². The molecule has 1 N–H and O–H groups in total. The van der Waals surface area contributed by atoms with E-state index in [4.69, 9.17) is 18.9 Å². The number of hydrogen-bond donors (Lipinski definition) is 1. The van der Waals surface area contributed by atoms with E-state index in [-0.39, 0.29) is 5.91 Å². The van der Waals surface area contributed by atoms with E-state index in [0.717, 1.165) is 20.1 Å². The Morgan fingerprint density at radius 2 is 1.66 bits per heavy atom. The van der Waals surface area contributed by atoms with Crippen molar-refractivity contribution in [3.8, 4) is 23.0 Å². The number of carbonyl (C=O) groups excluding carboxylic acids is 1. The second-order valence-corrected chi connectivity index (χ2v) is 9.35. The maximum Gasteiger partial charge on any atom is 0.271 e. The molecule has 38 heavy (non-hydrogen) atoms. The molecule has 0 atom stereocenters. The highest BCUT2D eigenvalue weighted by Gasteiger charge is 2.14.